The highest BCUT2D eigenvalue weighted by atomic mass is 35.5. The summed E-state index contributed by atoms with van der Waals surface area (Å²) in [7, 11) is 0. The van der Waals surface area contributed by atoms with Gasteiger partial charge < -0.3 is 5.73 Å². The van der Waals surface area contributed by atoms with E-state index in [1.54, 1.807) is 0 Å². The summed E-state index contributed by atoms with van der Waals surface area (Å²) < 4.78 is 0. The Labute approximate surface area is 109 Å². The van der Waals surface area contributed by atoms with Crippen molar-refractivity contribution in [1.29, 1.82) is 0 Å². The fourth-order valence-electron chi connectivity index (χ4n) is 3.48. The van der Waals surface area contributed by atoms with Crippen molar-refractivity contribution in [3.63, 3.8) is 0 Å². The Morgan fingerprint density at radius 3 is 2.24 bits per heavy atom. The van der Waals surface area contributed by atoms with E-state index in [1.807, 2.05) is 12.1 Å². The third-order valence-corrected chi connectivity index (χ3v) is 4.04. The minimum Gasteiger partial charge on any atom is -0.325 e. The second-order valence-corrected chi connectivity index (χ2v) is 6.46. The van der Waals surface area contributed by atoms with Crippen LogP contribution in [0, 0.1) is 11.8 Å². The molecule has 1 fully saturated rings. The molecule has 1 saturated carbocycles. The van der Waals surface area contributed by atoms with Crippen molar-refractivity contribution in [3.8, 4) is 0 Å². The average Bonchev–Trinajstić information content (AvgIpc) is 2.19. The molecule has 2 rings (SSSR count). The van der Waals surface area contributed by atoms with Crippen LogP contribution in [0.3, 0.4) is 0 Å². The van der Waals surface area contributed by atoms with E-state index >= 15 is 0 Å². The Morgan fingerprint density at radius 2 is 1.71 bits per heavy atom. The second kappa shape index (κ2) is 4.99. The Kier molecular flexibility index (Phi) is 3.79. The van der Waals surface area contributed by atoms with Gasteiger partial charge >= 0.3 is 0 Å². The molecule has 2 heteroatoms. The molecule has 1 aliphatic rings. The lowest BCUT2D eigenvalue weighted by Crippen LogP contribution is -2.48. The summed E-state index contributed by atoms with van der Waals surface area (Å²) in [5, 5.41) is 0.796. The number of hydrogen-bond donors (Lipinski definition) is 1. The molecule has 0 aromatic heterocycles. The summed E-state index contributed by atoms with van der Waals surface area (Å²) in [4.78, 5) is 0. The first-order chi connectivity index (χ1) is 7.97. The van der Waals surface area contributed by atoms with E-state index in [0.29, 0.717) is 0 Å². The Hall–Kier alpha value is -0.530. The van der Waals surface area contributed by atoms with Crippen LogP contribution in [0.5, 0.6) is 0 Å². The SMILES string of the molecule is CC1CC(C)CC(N)(Cc2ccc(Cl)cc2)C1. The van der Waals surface area contributed by atoms with Crippen molar-refractivity contribution in [2.24, 2.45) is 17.6 Å². The van der Waals surface area contributed by atoms with Gasteiger partial charge in [0, 0.05) is 10.6 Å². The molecule has 2 unspecified atom stereocenters. The molecule has 0 heterocycles. The Bertz CT molecular complexity index is 361. The van der Waals surface area contributed by atoms with Gasteiger partial charge in [0.25, 0.3) is 0 Å². The predicted octanol–water partition coefficient (Wildman–Crippen LogP) is 4.04. The topological polar surface area (TPSA) is 26.0 Å². The van der Waals surface area contributed by atoms with Crippen LogP contribution in [-0.4, -0.2) is 5.54 Å². The monoisotopic (exact) mass is 251 g/mol. The third kappa shape index (κ3) is 3.46. The minimum atomic E-state index is -0.0229. The van der Waals surface area contributed by atoms with Gasteiger partial charge in [0.2, 0.25) is 0 Å². The minimum absolute atomic E-state index is 0.0229. The van der Waals surface area contributed by atoms with Crippen molar-refractivity contribution in [2.45, 2.75) is 45.1 Å². The first kappa shape index (κ1) is 12.9. The van der Waals surface area contributed by atoms with Gasteiger partial charge in [-0.25, -0.2) is 0 Å². The summed E-state index contributed by atoms with van der Waals surface area (Å²) in [6.45, 7) is 4.64. The highest BCUT2D eigenvalue weighted by molar-refractivity contribution is 6.30. The number of rotatable bonds is 2. The fraction of sp³-hybridized carbons (Fsp3) is 0.600. The molecule has 0 saturated heterocycles. The predicted molar refractivity (Wildman–Crippen MR) is 74.3 cm³/mol. The summed E-state index contributed by atoms with van der Waals surface area (Å²) in [5.74, 6) is 1.49. The average molecular weight is 252 g/mol. The van der Waals surface area contributed by atoms with Crippen molar-refractivity contribution in [3.05, 3.63) is 34.9 Å². The van der Waals surface area contributed by atoms with E-state index in [2.05, 4.69) is 26.0 Å². The smallest absolute Gasteiger partial charge is 0.0406 e. The van der Waals surface area contributed by atoms with E-state index in [0.717, 1.165) is 36.1 Å². The number of hydrogen-bond acceptors (Lipinski definition) is 1. The van der Waals surface area contributed by atoms with Crippen LogP contribution < -0.4 is 5.73 Å². The lowest BCUT2D eigenvalue weighted by molar-refractivity contribution is 0.182. The van der Waals surface area contributed by atoms with Gasteiger partial charge in [0.05, 0.1) is 0 Å². The van der Waals surface area contributed by atoms with E-state index in [-0.39, 0.29) is 5.54 Å². The second-order valence-electron chi connectivity index (χ2n) is 6.02. The maximum Gasteiger partial charge on any atom is 0.0406 e. The molecule has 17 heavy (non-hydrogen) atoms. The van der Waals surface area contributed by atoms with E-state index in [9.17, 15) is 0 Å². The zero-order chi connectivity index (χ0) is 12.5. The molecule has 0 bridgehead atoms. The molecular formula is C15H22ClN. The fourth-order valence-corrected chi connectivity index (χ4v) is 3.60. The van der Waals surface area contributed by atoms with E-state index in [1.165, 1.54) is 12.0 Å². The molecule has 0 spiro atoms. The quantitative estimate of drug-likeness (QED) is 0.844. The van der Waals surface area contributed by atoms with Gasteiger partial charge in [-0.05, 0) is 55.2 Å². The maximum atomic E-state index is 6.58. The molecule has 1 aliphatic carbocycles. The summed E-state index contributed by atoms with van der Waals surface area (Å²) >= 11 is 5.90. The van der Waals surface area contributed by atoms with Gasteiger partial charge in [-0.1, -0.05) is 37.6 Å². The van der Waals surface area contributed by atoms with Crippen molar-refractivity contribution < 1.29 is 0 Å². The largest absolute Gasteiger partial charge is 0.325 e. The summed E-state index contributed by atoms with van der Waals surface area (Å²) in [6, 6.07) is 8.10. The van der Waals surface area contributed by atoms with Crippen LogP contribution in [0.2, 0.25) is 5.02 Å². The van der Waals surface area contributed by atoms with Crippen LogP contribution in [0.1, 0.15) is 38.7 Å². The summed E-state index contributed by atoms with van der Waals surface area (Å²) in [5.41, 5.74) is 7.86. The summed E-state index contributed by atoms with van der Waals surface area (Å²) in [6.07, 6.45) is 4.57. The molecular weight excluding hydrogens is 230 g/mol. The van der Waals surface area contributed by atoms with Crippen molar-refractivity contribution >= 4 is 11.6 Å². The Balaban J connectivity index is 2.08. The maximum absolute atomic E-state index is 6.58. The molecule has 2 N–H and O–H groups in total. The number of nitrogens with two attached hydrogens (primary N) is 1. The molecule has 2 atom stereocenters. The van der Waals surface area contributed by atoms with Crippen LogP contribution in [-0.2, 0) is 6.42 Å². The zero-order valence-corrected chi connectivity index (χ0v) is 11.5. The van der Waals surface area contributed by atoms with Gasteiger partial charge in [0.1, 0.15) is 0 Å². The highest BCUT2D eigenvalue weighted by Gasteiger charge is 2.34. The molecule has 1 nitrogen and oxygen atoms in total. The lowest BCUT2D eigenvalue weighted by atomic mass is 9.70. The molecule has 94 valence electrons. The van der Waals surface area contributed by atoms with Gasteiger partial charge in [-0.15, -0.1) is 0 Å². The van der Waals surface area contributed by atoms with Gasteiger partial charge in [-0.2, -0.15) is 0 Å². The lowest BCUT2D eigenvalue weighted by Gasteiger charge is -2.40. The molecule has 0 aliphatic heterocycles. The zero-order valence-electron chi connectivity index (χ0n) is 10.7. The van der Waals surface area contributed by atoms with E-state index in [4.69, 9.17) is 17.3 Å². The van der Waals surface area contributed by atoms with Crippen molar-refractivity contribution in [1.82, 2.24) is 0 Å². The Morgan fingerprint density at radius 1 is 1.18 bits per heavy atom. The standard InChI is InChI=1S/C15H22ClN/c1-11-7-12(2)9-15(17,8-11)10-13-3-5-14(16)6-4-13/h3-6,11-12H,7-10,17H2,1-2H3. The normalized spacial score (nSPS) is 33.6. The van der Waals surface area contributed by atoms with Crippen LogP contribution >= 0.6 is 11.6 Å². The highest BCUT2D eigenvalue weighted by Crippen LogP contribution is 2.36. The number of benzene rings is 1. The van der Waals surface area contributed by atoms with Crippen LogP contribution in [0.4, 0.5) is 0 Å². The van der Waals surface area contributed by atoms with Crippen molar-refractivity contribution in [2.75, 3.05) is 0 Å². The molecule has 0 radical (unpaired) electrons. The molecule has 1 aromatic rings. The van der Waals surface area contributed by atoms with Crippen LogP contribution in [0.25, 0.3) is 0 Å². The number of halogens is 1. The first-order valence-corrected chi connectivity index (χ1v) is 6.88. The van der Waals surface area contributed by atoms with Crippen LogP contribution in [0.15, 0.2) is 24.3 Å². The first-order valence-electron chi connectivity index (χ1n) is 6.50. The van der Waals surface area contributed by atoms with Gasteiger partial charge in [0.15, 0.2) is 0 Å². The third-order valence-electron chi connectivity index (χ3n) is 3.78. The van der Waals surface area contributed by atoms with Gasteiger partial charge in [-0.3, -0.25) is 0 Å². The molecule has 1 aromatic carbocycles. The molecule has 0 amide bonds. The van der Waals surface area contributed by atoms with E-state index < -0.39 is 0 Å².